The summed E-state index contributed by atoms with van der Waals surface area (Å²) in [4.78, 5) is 16.4. The molecule has 0 aliphatic carbocycles. The number of fused-ring (bicyclic) bond motifs is 1. The molecule has 1 saturated heterocycles. The molecule has 1 fully saturated rings. The van der Waals surface area contributed by atoms with Gasteiger partial charge in [0.25, 0.3) is 0 Å². The van der Waals surface area contributed by atoms with Gasteiger partial charge >= 0.3 is 0 Å². The third kappa shape index (κ3) is 2.14. The van der Waals surface area contributed by atoms with E-state index in [1.807, 2.05) is 24.3 Å². The summed E-state index contributed by atoms with van der Waals surface area (Å²) in [6.45, 7) is 0.787. The highest BCUT2D eigenvalue weighted by Crippen LogP contribution is 2.22. The molecule has 1 aliphatic heterocycles. The molecular weight excluding hydrogens is 226 g/mol. The van der Waals surface area contributed by atoms with Gasteiger partial charge in [-0.25, -0.2) is 0 Å². The smallest absolute Gasteiger partial charge is 0.166 e. The van der Waals surface area contributed by atoms with Crippen LogP contribution in [0.3, 0.4) is 0 Å². The van der Waals surface area contributed by atoms with Crippen LogP contribution in [0.25, 0.3) is 10.8 Å². The van der Waals surface area contributed by atoms with Gasteiger partial charge in [-0.15, -0.1) is 0 Å². The molecule has 92 valence electrons. The second-order valence-electron chi connectivity index (χ2n) is 4.66. The minimum atomic E-state index is 0.101. The molecule has 1 atom stereocenters. The van der Waals surface area contributed by atoms with Crippen molar-refractivity contribution in [3.8, 4) is 0 Å². The Kier molecular flexibility index (Phi) is 3.07. The summed E-state index contributed by atoms with van der Waals surface area (Å²) < 4.78 is 5.52. The third-order valence-corrected chi connectivity index (χ3v) is 3.42. The largest absolute Gasteiger partial charge is 0.378 e. The Balaban J connectivity index is 1.91. The first-order valence-corrected chi connectivity index (χ1v) is 6.32. The van der Waals surface area contributed by atoms with Gasteiger partial charge in [0.1, 0.15) is 0 Å². The van der Waals surface area contributed by atoms with Crippen LogP contribution in [0.5, 0.6) is 0 Å². The van der Waals surface area contributed by atoms with Crippen molar-refractivity contribution in [2.75, 3.05) is 6.61 Å². The lowest BCUT2D eigenvalue weighted by atomic mass is 9.99. The minimum Gasteiger partial charge on any atom is -0.378 e. The summed E-state index contributed by atoms with van der Waals surface area (Å²) in [6, 6.07) is 7.73. The van der Waals surface area contributed by atoms with Crippen molar-refractivity contribution in [2.24, 2.45) is 0 Å². The summed E-state index contributed by atoms with van der Waals surface area (Å²) in [5, 5.41) is 1.99. The van der Waals surface area contributed by atoms with E-state index >= 15 is 0 Å². The summed E-state index contributed by atoms with van der Waals surface area (Å²) >= 11 is 0. The van der Waals surface area contributed by atoms with E-state index in [9.17, 15) is 4.79 Å². The monoisotopic (exact) mass is 241 g/mol. The van der Waals surface area contributed by atoms with Crippen molar-refractivity contribution in [1.29, 1.82) is 0 Å². The third-order valence-electron chi connectivity index (χ3n) is 3.42. The van der Waals surface area contributed by atoms with Crippen molar-refractivity contribution in [3.05, 3.63) is 42.2 Å². The highest BCUT2D eigenvalue weighted by Gasteiger charge is 2.20. The Morgan fingerprint density at radius 1 is 1.39 bits per heavy atom. The summed E-state index contributed by atoms with van der Waals surface area (Å²) in [6.07, 6.45) is 6.15. The lowest BCUT2D eigenvalue weighted by molar-refractivity contribution is 0.0777. The number of ketones is 1. The molecule has 18 heavy (non-hydrogen) atoms. The Hall–Kier alpha value is -1.74. The van der Waals surface area contributed by atoms with Crippen LogP contribution in [0.4, 0.5) is 0 Å². The average Bonchev–Trinajstić information content (AvgIpc) is 2.91. The van der Waals surface area contributed by atoms with Crippen molar-refractivity contribution < 1.29 is 9.53 Å². The maximum atomic E-state index is 12.3. The molecule has 0 spiro atoms. The summed E-state index contributed by atoms with van der Waals surface area (Å²) in [5.41, 5.74) is 0.760. The summed E-state index contributed by atoms with van der Waals surface area (Å²) in [5.74, 6) is 0.153. The quantitative estimate of drug-likeness (QED) is 0.775. The zero-order chi connectivity index (χ0) is 12.4. The number of aromatic nitrogens is 1. The van der Waals surface area contributed by atoms with Crippen LogP contribution in [0.15, 0.2) is 36.7 Å². The number of rotatable bonds is 3. The summed E-state index contributed by atoms with van der Waals surface area (Å²) in [7, 11) is 0. The van der Waals surface area contributed by atoms with Gasteiger partial charge in [-0.2, -0.15) is 0 Å². The van der Waals surface area contributed by atoms with E-state index in [-0.39, 0.29) is 11.9 Å². The van der Waals surface area contributed by atoms with Crippen LogP contribution in [0.1, 0.15) is 29.6 Å². The molecule has 1 aliphatic rings. The van der Waals surface area contributed by atoms with Crippen LogP contribution in [-0.2, 0) is 4.74 Å². The molecule has 3 rings (SSSR count). The van der Waals surface area contributed by atoms with E-state index in [2.05, 4.69) is 4.98 Å². The first-order valence-electron chi connectivity index (χ1n) is 6.32. The molecule has 1 aromatic heterocycles. The highest BCUT2D eigenvalue weighted by atomic mass is 16.5. The van der Waals surface area contributed by atoms with Gasteiger partial charge in [0.05, 0.1) is 6.10 Å². The van der Waals surface area contributed by atoms with Crippen LogP contribution in [0, 0.1) is 0 Å². The van der Waals surface area contributed by atoms with Gasteiger partial charge in [0, 0.05) is 36.4 Å². The maximum Gasteiger partial charge on any atom is 0.166 e. The van der Waals surface area contributed by atoms with Crippen molar-refractivity contribution >= 4 is 16.6 Å². The average molecular weight is 241 g/mol. The predicted molar refractivity (Wildman–Crippen MR) is 69.7 cm³/mol. The number of ether oxygens (including phenoxy) is 1. The van der Waals surface area contributed by atoms with Gasteiger partial charge in [0.15, 0.2) is 5.78 Å². The van der Waals surface area contributed by atoms with Gasteiger partial charge < -0.3 is 4.74 Å². The van der Waals surface area contributed by atoms with Crippen molar-refractivity contribution in [1.82, 2.24) is 4.98 Å². The predicted octanol–water partition coefficient (Wildman–Crippen LogP) is 2.99. The highest BCUT2D eigenvalue weighted by molar-refractivity contribution is 6.07. The van der Waals surface area contributed by atoms with Gasteiger partial charge in [-0.3, -0.25) is 9.78 Å². The Bertz CT molecular complexity index is 568. The van der Waals surface area contributed by atoms with Crippen LogP contribution < -0.4 is 0 Å². The van der Waals surface area contributed by atoms with E-state index < -0.39 is 0 Å². The molecule has 1 aromatic carbocycles. The first-order chi connectivity index (χ1) is 8.84. The SMILES string of the molecule is O=C(CC1CCCO1)c1cccc2ccncc12. The van der Waals surface area contributed by atoms with E-state index in [0.29, 0.717) is 6.42 Å². The van der Waals surface area contributed by atoms with E-state index in [4.69, 9.17) is 4.74 Å². The number of carbonyl (C=O) groups is 1. The Morgan fingerprint density at radius 3 is 3.17 bits per heavy atom. The number of hydrogen-bond donors (Lipinski definition) is 0. The molecule has 1 unspecified atom stereocenters. The fraction of sp³-hybridized carbons (Fsp3) is 0.333. The Labute approximate surface area is 106 Å². The van der Waals surface area contributed by atoms with Crippen LogP contribution in [-0.4, -0.2) is 23.5 Å². The maximum absolute atomic E-state index is 12.3. The molecule has 0 bridgehead atoms. The van der Waals surface area contributed by atoms with E-state index in [1.54, 1.807) is 12.4 Å². The van der Waals surface area contributed by atoms with Gasteiger partial charge in [0.2, 0.25) is 0 Å². The molecule has 0 radical (unpaired) electrons. The number of nitrogens with zero attached hydrogens (tertiary/aromatic N) is 1. The van der Waals surface area contributed by atoms with Crippen LogP contribution >= 0.6 is 0 Å². The van der Waals surface area contributed by atoms with Crippen molar-refractivity contribution in [2.45, 2.75) is 25.4 Å². The van der Waals surface area contributed by atoms with E-state index in [0.717, 1.165) is 35.8 Å². The molecule has 0 N–H and O–H groups in total. The minimum absolute atomic E-state index is 0.101. The Morgan fingerprint density at radius 2 is 2.33 bits per heavy atom. The number of benzene rings is 1. The zero-order valence-electron chi connectivity index (χ0n) is 10.1. The topological polar surface area (TPSA) is 39.2 Å². The fourth-order valence-corrected chi connectivity index (χ4v) is 2.48. The number of hydrogen-bond acceptors (Lipinski definition) is 3. The zero-order valence-corrected chi connectivity index (χ0v) is 10.1. The number of pyridine rings is 1. The second kappa shape index (κ2) is 4.86. The van der Waals surface area contributed by atoms with Gasteiger partial charge in [-0.1, -0.05) is 18.2 Å². The lowest BCUT2D eigenvalue weighted by Crippen LogP contribution is -2.12. The number of carbonyl (C=O) groups excluding carboxylic acids is 1. The number of Topliss-reactive ketones (excluding diaryl/α,β-unsaturated/α-hetero) is 1. The normalized spacial score (nSPS) is 19.2. The molecule has 3 heteroatoms. The van der Waals surface area contributed by atoms with Gasteiger partial charge in [-0.05, 0) is 24.3 Å². The molecule has 2 heterocycles. The molecular formula is C15H15NO2. The molecule has 2 aromatic rings. The molecule has 0 amide bonds. The molecule has 0 saturated carbocycles. The fourth-order valence-electron chi connectivity index (χ4n) is 2.48. The second-order valence-corrected chi connectivity index (χ2v) is 4.66. The first kappa shape index (κ1) is 11.4. The lowest BCUT2D eigenvalue weighted by Gasteiger charge is -2.09. The van der Waals surface area contributed by atoms with E-state index in [1.165, 1.54) is 0 Å². The standard InChI is InChI=1S/C15H15NO2/c17-15(9-12-4-2-8-18-12)13-5-1-3-11-6-7-16-10-14(11)13/h1,3,5-7,10,12H,2,4,8-9H2. The molecule has 3 nitrogen and oxygen atoms in total. The van der Waals surface area contributed by atoms with Crippen LogP contribution in [0.2, 0.25) is 0 Å². The van der Waals surface area contributed by atoms with Crippen molar-refractivity contribution in [3.63, 3.8) is 0 Å².